The quantitative estimate of drug-likeness (QED) is 0.888. The SMILES string of the molecule is CC(C)c1nc2ccc(CC3CNCCO3)cc2[nH]1. The number of fused-ring (bicyclic) bond motifs is 1. The van der Waals surface area contributed by atoms with Crippen LogP contribution in [-0.4, -0.2) is 35.8 Å². The minimum atomic E-state index is 0.290. The first-order valence-corrected chi connectivity index (χ1v) is 7.03. The summed E-state index contributed by atoms with van der Waals surface area (Å²) in [7, 11) is 0. The van der Waals surface area contributed by atoms with E-state index in [-0.39, 0.29) is 0 Å². The predicted molar refractivity (Wildman–Crippen MR) is 76.5 cm³/mol. The van der Waals surface area contributed by atoms with Crippen molar-refractivity contribution < 1.29 is 4.74 Å². The number of benzene rings is 1. The Labute approximate surface area is 113 Å². The van der Waals surface area contributed by atoms with E-state index in [9.17, 15) is 0 Å². The summed E-state index contributed by atoms with van der Waals surface area (Å²) in [5, 5.41) is 3.37. The van der Waals surface area contributed by atoms with Gasteiger partial charge in [-0.2, -0.15) is 0 Å². The molecule has 1 aliphatic heterocycles. The summed E-state index contributed by atoms with van der Waals surface area (Å²) < 4.78 is 5.75. The molecule has 0 saturated carbocycles. The first-order chi connectivity index (χ1) is 9.22. The summed E-state index contributed by atoms with van der Waals surface area (Å²) in [6.45, 7) is 7.03. The lowest BCUT2D eigenvalue weighted by molar-refractivity contribution is 0.0292. The fourth-order valence-corrected chi connectivity index (χ4v) is 2.49. The Morgan fingerprint density at radius 3 is 3.05 bits per heavy atom. The van der Waals surface area contributed by atoms with Crippen LogP contribution in [-0.2, 0) is 11.2 Å². The molecule has 1 unspecified atom stereocenters. The number of nitrogens with zero attached hydrogens (tertiary/aromatic N) is 1. The second-order valence-corrected chi connectivity index (χ2v) is 5.53. The summed E-state index contributed by atoms with van der Waals surface area (Å²) in [4.78, 5) is 8.01. The van der Waals surface area contributed by atoms with E-state index in [1.807, 2.05) is 0 Å². The topological polar surface area (TPSA) is 49.9 Å². The van der Waals surface area contributed by atoms with Crippen molar-refractivity contribution >= 4 is 11.0 Å². The average molecular weight is 259 g/mol. The van der Waals surface area contributed by atoms with Gasteiger partial charge in [0.05, 0.1) is 23.7 Å². The number of H-pyrrole nitrogens is 1. The number of morpholine rings is 1. The molecule has 2 heterocycles. The highest BCUT2D eigenvalue weighted by molar-refractivity contribution is 5.76. The maximum absolute atomic E-state index is 5.75. The average Bonchev–Trinajstić information content (AvgIpc) is 2.83. The van der Waals surface area contributed by atoms with E-state index in [1.54, 1.807) is 0 Å². The molecule has 1 aromatic carbocycles. The van der Waals surface area contributed by atoms with E-state index in [0.29, 0.717) is 12.0 Å². The Morgan fingerprint density at radius 2 is 2.32 bits per heavy atom. The monoisotopic (exact) mass is 259 g/mol. The van der Waals surface area contributed by atoms with Crippen molar-refractivity contribution in [1.29, 1.82) is 0 Å². The zero-order chi connectivity index (χ0) is 13.2. The molecular weight excluding hydrogens is 238 g/mol. The summed E-state index contributed by atoms with van der Waals surface area (Å²) in [6.07, 6.45) is 1.25. The number of ether oxygens (including phenoxy) is 1. The molecule has 19 heavy (non-hydrogen) atoms. The van der Waals surface area contributed by atoms with Crippen LogP contribution in [0.4, 0.5) is 0 Å². The smallest absolute Gasteiger partial charge is 0.109 e. The molecule has 4 nitrogen and oxygen atoms in total. The maximum Gasteiger partial charge on any atom is 0.109 e. The predicted octanol–water partition coefficient (Wildman–Crippen LogP) is 2.22. The van der Waals surface area contributed by atoms with Gasteiger partial charge in [0.1, 0.15) is 5.82 Å². The van der Waals surface area contributed by atoms with Crippen molar-refractivity contribution in [3.05, 3.63) is 29.6 Å². The Morgan fingerprint density at radius 1 is 1.42 bits per heavy atom. The summed E-state index contributed by atoms with van der Waals surface area (Å²) >= 11 is 0. The fourth-order valence-electron chi connectivity index (χ4n) is 2.49. The second kappa shape index (κ2) is 5.31. The molecule has 2 aromatic rings. The molecule has 3 rings (SSSR count). The van der Waals surface area contributed by atoms with Crippen molar-refractivity contribution in [1.82, 2.24) is 15.3 Å². The van der Waals surface area contributed by atoms with Crippen molar-refractivity contribution in [3.8, 4) is 0 Å². The van der Waals surface area contributed by atoms with E-state index in [0.717, 1.165) is 43.0 Å². The van der Waals surface area contributed by atoms with E-state index >= 15 is 0 Å². The van der Waals surface area contributed by atoms with E-state index < -0.39 is 0 Å². The van der Waals surface area contributed by atoms with Gasteiger partial charge in [0.2, 0.25) is 0 Å². The molecule has 0 spiro atoms. The summed E-state index contributed by atoms with van der Waals surface area (Å²) in [6, 6.07) is 6.46. The molecule has 1 saturated heterocycles. The van der Waals surface area contributed by atoms with Crippen LogP contribution >= 0.6 is 0 Å². The first-order valence-electron chi connectivity index (χ1n) is 7.03. The maximum atomic E-state index is 5.75. The van der Waals surface area contributed by atoms with Gasteiger partial charge in [-0.25, -0.2) is 4.98 Å². The van der Waals surface area contributed by atoms with Crippen LogP contribution in [0, 0.1) is 0 Å². The molecule has 102 valence electrons. The number of imidazole rings is 1. The fraction of sp³-hybridized carbons (Fsp3) is 0.533. The number of aromatic amines is 1. The number of nitrogens with one attached hydrogen (secondary N) is 2. The van der Waals surface area contributed by atoms with E-state index in [1.165, 1.54) is 5.56 Å². The van der Waals surface area contributed by atoms with Gasteiger partial charge in [-0.05, 0) is 24.1 Å². The number of aromatic nitrogens is 2. The molecule has 0 bridgehead atoms. The van der Waals surface area contributed by atoms with Gasteiger partial charge in [0.25, 0.3) is 0 Å². The third kappa shape index (κ3) is 2.80. The lowest BCUT2D eigenvalue weighted by atomic mass is 10.1. The molecule has 2 N–H and O–H groups in total. The van der Waals surface area contributed by atoms with Gasteiger partial charge in [-0.1, -0.05) is 19.9 Å². The van der Waals surface area contributed by atoms with E-state index in [2.05, 4.69) is 47.3 Å². The molecule has 0 amide bonds. The van der Waals surface area contributed by atoms with Gasteiger partial charge < -0.3 is 15.0 Å². The van der Waals surface area contributed by atoms with Crippen LogP contribution in [0.5, 0.6) is 0 Å². The molecule has 1 fully saturated rings. The highest BCUT2D eigenvalue weighted by Crippen LogP contribution is 2.19. The van der Waals surface area contributed by atoms with Crippen LogP contribution in [0.25, 0.3) is 11.0 Å². The normalized spacial score (nSPS) is 20.3. The zero-order valence-electron chi connectivity index (χ0n) is 11.6. The summed E-state index contributed by atoms with van der Waals surface area (Å²) in [5.74, 6) is 1.49. The minimum Gasteiger partial charge on any atom is -0.375 e. The van der Waals surface area contributed by atoms with Crippen molar-refractivity contribution in [2.24, 2.45) is 0 Å². The molecule has 1 aromatic heterocycles. The van der Waals surface area contributed by atoms with Gasteiger partial charge in [-0.15, -0.1) is 0 Å². The first kappa shape index (κ1) is 12.6. The lowest BCUT2D eigenvalue weighted by Crippen LogP contribution is -2.39. The molecule has 4 heteroatoms. The number of rotatable bonds is 3. The Bertz CT molecular complexity index is 556. The minimum absolute atomic E-state index is 0.290. The zero-order valence-corrected chi connectivity index (χ0v) is 11.6. The highest BCUT2D eigenvalue weighted by Gasteiger charge is 2.14. The Hall–Kier alpha value is -1.39. The molecule has 0 radical (unpaired) electrons. The van der Waals surface area contributed by atoms with Gasteiger partial charge in [0, 0.05) is 19.0 Å². The van der Waals surface area contributed by atoms with Crippen molar-refractivity contribution in [3.63, 3.8) is 0 Å². The third-order valence-electron chi connectivity index (χ3n) is 3.58. The summed E-state index contributed by atoms with van der Waals surface area (Å²) in [5.41, 5.74) is 3.49. The number of hydrogen-bond acceptors (Lipinski definition) is 3. The van der Waals surface area contributed by atoms with Crippen LogP contribution in [0.2, 0.25) is 0 Å². The van der Waals surface area contributed by atoms with Gasteiger partial charge in [-0.3, -0.25) is 0 Å². The molecule has 1 atom stereocenters. The Kier molecular flexibility index (Phi) is 3.53. The highest BCUT2D eigenvalue weighted by atomic mass is 16.5. The van der Waals surface area contributed by atoms with Gasteiger partial charge >= 0.3 is 0 Å². The Balaban J connectivity index is 1.80. The second-order valence-electron chi connectivity index (χ2n) is 5.53. The standard InChI is InChI=1S/C15H21N3O/c1-10(2)15-17-13-4-3-11(8-14(13)18-15)7-12-9-16-5-6-19-12/h3-4,8,10,12,16H,5-7,9H2,1-2H3,(H,17,18). The van der Waals surface area contributed by atoms with Crippen LogP contribution in [0.15, 0.2) is 18.2 Å². The van der Waals surface area contributed by atoms with Gasteiger partial charge in [0.15, 0.2) is 0 Å². The van der Waals surface area contributed by atoms with Crippen LogP contribution in [0.1, 0.15) is 31.2 Å². The largest absolute Gasteiger partial charge is 0.375 e. The van der Waals surface area contributed by atoms with Crippen molar-refractivity contribution in [2.75, 3.05) is 19.7 Å². The number of hydrogen-bond donors (Lipinski definition) is 2. The van der Waals surface area contributed by atoms with E-state index in [4.69, 9.17) is 4.74 Å². The van der Waals surface area contributed by atoms with Crippen molar-refractivity contribution in [2.45, 2.75) is 32.3 Å². The third-order valence-corrected chi connectivity index (χ3v) is 3.58. The van der Waals surface area contributed by atoms with Crippen LogP contribution < -0.4 is 5.32 Å². The molecule has 0 aliphatic carbocycles. The van der Waals surface area contributed by atoms with Crippen LogP contribution in [0.3, 0.4) is 0 Å². The lowest BCUT2D eigenvalue weighted by Gasteiger charge is -2.23. The molecule has 1 aliphatic rings. The molecular formula is C15H21N3O.